The number of aryl methyl sites for hydroxylation is 1. The Labute approximate surface area is 98.1 Å². The SMILES string of the molecule is CCN(CC(CO)NC)c1ccc(C)cc1. The molecule has 0 aliphatic rings. The molecule has 90 valence electrons. The Bertz CT molecular complexity index is 293. The highest BCUT2D eigenvalue weighted by atomic mass is 16.3. The van der Waals surface area contributed by atoms with Crippen molar-refractivity contribution in [1.29, 1.82) is 0 Å². The molecule has 2 N–H and O–H groups in total. The zero-order chi connectivity index (χ0) is 12.0. The van der Waals surface area contributed by atoms with E-state index in [1.165, 1.54) is 11.3 Å². The smallest absolute Gasteiger partial charge is 0.0601 e. The van der Waals surface area contributed by atoms with Crippen LogP contribution in [0.2, 0.25) is 0 Å². The fourth-order valence-corrected chi connectivity index (χ4v) is 1.68. The Morgan fingerprint density at radius 3 is 2.38 bits per heavy atom. The minimum atomic E-state index is 0.126. The molecule has 0 heterocycles. The van der Waals surface area contributed by atoms with Gasteiger partial charge in [0.05, 0.1) is 6.61 Å². The number of likely N-dealkylation sites (N-methyl/N-ethyl adjacent to an activating group) is 2. The molecule has 3 heteroatoms. The molecule has 0 spiro atoms. The van der Waals surface area contributed by atoms with Gasteiger partial charge in [-0.1, -0.05) is 17.7 Å². The number of nitrogens with zero attached hydrogens (tertiary/aromatic N) is 1. The summed E-state index contributed by atoms with van der Waals surface area (Å²) < 4.78 is 0. The van der Waals surface area contributed by atoms with E-state index in [0.717, 1.165) is 13.1 Å². The Balaban J connectivity index is 2.70. The molecule has 0 aliphatic carbocycles. The maximum absolute atomic E-state index is 9.17. The van der Waals surface area contributed by atoms with Gasteiger partial charge in [0.25, 0.3) is 0 Å². The van der Waals surface area contributed by atoms with Crippen LogP contribution in [0.25, 0.3) is 0 Å². The molecule has 0 amide bonds. The van der Waals surface area contributed by atoms with Crippen LogP contribution in [0.5, 0.6) is 0 Å². The highest BCUT2D eigenvalue weighted by Crippen LogP contribution is 2.14. The lowest BCUT2D eigenvalue weighted by Gasteiger charge is -2.27. The monoisotopic (exact) mass is 222 g/mol. The predicted molar refractivity (Wildman–Crippen MR) is 69.0 cm³/mol. The third-order valence-corrected chi connectivity index (χ3v) is 2.85. The van der Waals surface area contributed by atoms with E-state index in [0.29, 0.717) is 0 Å². The van der Waals surface area contributed by atoms with Crippen molar-refractivity contribution >= 4 is 5.69 Å². The van der Waals surface area contributed by atoms with E-state index < -0.39 is 0 Å². The molecular formula is C13H22N2O. The van der Waals surface area contributed by atoms with Gasteiger partial charge in [0.15, 0.2) is 0 Å². The van der Waals surface area contributed by atoms with E-state index in [2.05, 4.69) is 48.3 Å². The summed E-state index contributed by atoms with van der Waals surface area (Å²) in [6.45, 7) is 6.15. The average molecular weight is 222 g/mol. The molecule has 0 saturated heterocycles. The Hall–Kier alpha value is -1.06. The van der Waals surface area contributed by atoms with Gasteiger partial charge in [0.1, 0.15) is 0 Å². The van der Waals surface area contributed by atoms with E-state index in [4.69, 9.17) is 0 Å². The average Bonchev–Trinajstić information content (AvgIpc) is 2.32. The van der Waals surface area contributed by atoms with Gasteiger partial charge in [-0.3, -0.25) is 0 Å². The highest BCUT2D eigenvalue weighted by Gasteiger charge is 2.10. The second kappa shape index (κ2) is 6.51. The van der Waals surface area contributed by atoms with Gasteiger partial charge in [-0.15, -0.1) is 0 Å². The maximum atomic E-state index is 9.17. The Morgan fingerprint density at radius 1 is 1.31 bits per heavy atom. The predicted octanol–water partition coefficient (Wildman–Crippen LogP) is 1.40. The molecule has 3 nitrogen and oxygen atoms in total. The van der Waals surface area contributed by atoms with Crippen molar-refractivity contribution in [3.05, 3.63) is 29.8 Å². The van der Waals surface area contributed by atoms with Gasteiger partial charge >= 0.3 is 0 Å². The van der Waals surface area contributed by atoms with E-state index in [-0.39, 0.29) is 12.6 Å². The van der Waals surface area contributed by atoms with Crippen LogP contribution in [-0.2, 0) is 0 Å². The molecule has 16 heavy (non-hydrogen) atoms. The van der Waals surface area contributed by atoms with Gasteiger partial charge < -0.3 is 15.3 Å². The number of hydrogen-bond acceptors (Lipinski definition) is 3. The second-order valence-corrected chi connectivity index (χ2v) is 4.04. The van der Waals surface area contributed by atoms with Gasteiger partial charge in [-0.2, -0.15) is 0 Å². The van der Waals surface area contributed by atoms with Crippen LogP contribution in [0.15, 0.2) is 24.3 Å². The molecule has 0 aromatic heterocycles. The number of aliphatic hydroxyl groups excluding tert-OH is 1. The van der Waals surface area contributed by atoms with Crippen molar-refractivity contribution < 1.29 is 5.11 Å². The number of aliphatic hydroxyl groups is 1. The molecule has 1 rings (SSSR count). The van der Waals surface area contributed by atoms with Crippen LogP contribution in [-0.4, -0.2) is 37.9 Å². The lowest BCUT2D eigenvalue weighted by atomic mass is 10.2. The van der Waals surface area contributed by atoms with Crippen LogP contribution in [0.4, 0.5) is 5.69 Å². The minimum absolute atomic E-state index is 0.126. The van der Waals surface area contributed by atoms with Crippen LogP contribution in [0.3, 0.4) is 0 Å². The molecule has 0 bridgehead atoms. The van der Waals surface area contributed by atoms with E-state index in [1.54, 1.807) is 0 Å². The lowest BCUT2D eigenvalue weighted by molar-refractivity contribution is 0.250. The van der Waals surface area contributed by atoms with Crippen LogP contribution < -0.4 is 10.2 Å². The van der Waals surface area contributed by atoms with Crippen LogP contribution in [0, 0.1) is 6.92 Å². The van der Waals surface area contributed by atoms with Crippen molar-refractivity contribution in [2.75, 3.05) is 31.6 Å². The zero-order valence-corrected chi connectivity index (χ0v) is 10.4. The standard InChI is InChI=1S/C13H22N2O/c1-4-15(9-12(10-16)14-3)13-7-5-11(2)6-8-13/h5-8,12,14,16H,4,9-10H2,1-3H3. The number of anilines is 1. The van der Waals surface area contributed by atoms with Crippen LogP contribution in [0.1, 0.15) is 12.5 Å². The maximum Gasteiger partial charge on any atom is 0.0601 e. The number of hydrogen-bond donors (Lipinski definition) is 2. The number of nitrogens with one attached hydrogen (secondary N) is 1. The minimum Gasteiger partial charge on any atom is -0.395 e. The van der Waals surface area contributed by atoms with Crippen LogP contribution >= 0.6 is 0 Å². The summed E-state index contributed by atoms with van der Waals surface area (Å²) in [5.41, 5.74) is 2.48. The van der Waals surface area contributed by atoms with Crippen molar-refractivity contribution in [2.24, 2.45) is 0 Å². The van der Waals surface area contributed by atoms with E-state index >= 15 is 0 Å². The first-order valence-corrected chi connectivity index (χ1v) is 5.81. The topological polar surface area (TPSA) is 35.5 Å². The molecule has 0 aliphatic heterocycles. The van der Waals surface area contributed by atoms with E-state index in [1.807, 2.05) is 7.05 Å². The van der Waals surface area contributed by atoms with Gasteiger partial charge in [-0.25, -0.2) is 0 Å². The summed E-state index contributed by atoms with van der Waals surface area (Å²) in [5.74, 6) is 0. The quantitative estimate of drug-likeness (QED) is 0.764. The molecule has 0 fully saturated rings. The van der Waals surface area contributed by atoms with Gasteiger partial charge in [0, 0.05) is 24.8 Å². The number of rotatable bonds is 6. The first-order valence-electron chi connectivity index (χ1n) is 5.81. The molecule has 0 radical (unpaired) electrons. The molecule has 1 aromatic carbocycles. The first-order chi connectivity index (χ1) is 7.71. The van der Waals surface area contributed by atoms with E-state index in [9.17, 15) is 5.11 Å². The summed E-state index contributed by atoms with van der Waals surface area (Å²) in [4.78, 5) is 2.26. The summed E-state index contributed by atoms with van der Waals surface area (Å²) >= 11 is 0. The van der Waals surface area contributed by atoms with Crippen molar-refractivity contribution in [2.45, 2.75) is 19.9 Å². The fourth-order valence-electron chi connectivity index (χ4n) is 1.68. The number of benzene rings is 1. The molecule has 0 saturated carbocycles. The lowest BCUT2D eigenvalue weighted by Crippen LogP contribution is -2.41. The summed E-state index contributed by atoms with van der Waals surface area (Å²) in [7, 11) is 1.88. The van der Waals surface area contributed by atoms with Crippen molar-refractivity contribution in [1.82, 2.24) is 5.32 Å². The van der Waals surface area contributed by atoms with Crippen molar-refractivity contribution in [3.63, 3.8) is 0 Å². The Kier molecular flexibility index (Phi) is 5.29. The van der Waals surface area contributed by atoms with Gasteiger partial charge in [0.2, 0.25) is 0 Å². The normalized spacial score (nSPS) is 12.5. The highest BCUT2D eigenvalue weighted by molar-refractivity contribution is 5.47. The fraction of sp³-hybridized carbons (Fsp3) is 0.538. The third kappa shape index (κ3) is 3.51. The Morgan fingerprint density at radius 2 is 1.94 bits per heavy atom. The molecule has 1 unspecified atom stereocenters. The summed E-state index contributed by atoms with van der Waals surface area (Å²) in [5, 5.41) is 12.3. The zero-order valence-electron chi connectivity index (χ0n) is 10.4. The second-order valence-electron chi connectivity index (χ2n) is 4.04. The first kappa shape index (κ1) is 13.0. The molecule has 1 aromatic rings. The summed E-state index contributed by atoms with van der Waals surface area (Å²) in [6, 6.07) is 8.61. The molecule has 1 atom stereocenters. The third-order valence-electron chi connectivity index (χ3n) is 2.85. The van der Waals surface area contributed by atoms with Gasteiger partial charge in [-0.05, 0) is 33.0 Å². The van der Waals surface area contributed by atoms with Crippen molar-refractivity contribution in [3.8, 4) is 0 Å². The largest absolute Gasteiger partial charge is 0.395 e. The summed E-state index contributed by atoms with van der Waals surface area (Å²) in [6.07, 6.45) is 0. The molecular weight excluding hydrogens is 200 g/mol.